The molecule has 3 nitrogen and oxygen atoms in total. The van der Waals surface area contributed by atoms with Crippen LogP contribution in [-0.2, 0) is 6.54 Å². The van der Waals surface area contributed by atoms with Crippen LogP contribution >= 0.6 is 11.3 Å². The Kier molecular flexibility index (Phi) is 2.71. The first-order valence-electron chi connectivity index (χ1n) is 5.42. The molecule has 0 atom stereocenters. The van der Waals surface area contributed by atoms with Gasteiger partial charge in [-0.3, -0.25) is 0 Å². The van der Waals surface area contributed by atoms with Crippen LogP contribution in [0.1, 0.15) is 4.88 Å². The standard InChI is InChI=1S/C13H11N3S/c1-2-8-13-12(7-1)14-15-16(13)9-3-5-11-6-4-10-17-11/h1-8,10H,9H2/b5-3+. The molecule has 2 aromatic heterocycles. The molecule has 0 saturated heterocycles. The number of thiophene rings is 1. The van der Waals surface area contributed by atoms with E-state index in [4.69, 9.17) is 0 Å². The van der Waals surface area contributed by atoms with Gasteiger partial charge in [-0.05, 0) is 29.7 Å². The number of hydrogen-bond donors (Lipinski definition) is 0. The number of allylic oxidation sites excluding steroid dienone is 1. The van der Waals surface area contributed by atoms with Crippen LogP contribution in [0.25, 0.3) is 17.1 Å². The molecule has 17 heavy (non-hydrogen) atoms. The zero-order valence-electron chi connectivity index (χ0n) is 9.15. The van der Waals surface area contributed by atoms with E-state index in [1.165, 1.54) is 4.88 Å². The number of para-hydroxylation sites is 1. The fraction of sp³-hybridized carbons (Fsp3) is 0.0769. The third-order valence-corrected chi connectivity index (χ3v) is 3.36. The zero-order chi connectivity index (χ0) is 11.5. The maximum Gasteiger partial charge on any atom is 0.113 e. The number of aromatic nitrogens is 3. The van der Waals surface area contributed by atoms with E-state index in [1.807, 2.05) is 28.9 Å². The van der Waals surface area contributed by atoms with Crippen molar-refractivity contribution < 1.29 is 0 Å². The lowest BCUT2D eigenvalue weighted by molar-refractivity contribution is 0.684. The Bertz CT molecular complexity index is 638. The summed E-state index contributed by atoms with van der Waals surface area (Å²) < 4.78 is 1.90. The van der Waals surface area contributed by atoms with Gasteiger partial charge in [0.2, 0.25) is 0 Å². The number of hydrogen-bond acceptors (Lipinski definition) is 3. The fourth-order valence-corrected chi connectivity index (χ4v) is 2.35. The SMILES string of the molecule is C(=C\c1cccs1)/Cn1nnc2ccccc21. The fourth-order valence-electron chi connectivity index (χ4n) is 1.71. The van der Waals surface area contributed by atoms with Gasteiger partial charge >= 0.3 is 0 Å². The van der Waals surface area contributed by atoms with Gasteiger partial charge in [-0.25, -0.2) is 4.68 Å². The van der Waals surface area contributed by atoms with Crippen molar-refractivity contribution in [2.45, 2.75) is 6.54 Å². The molecule has 0 spiro atoms. The topological polar surface area (TPSA) is 30.7 Å². The lowest BCUT2D eigenvalue weighted by atomic mass is 10.3. The van der Waals surface area contributed by atoms with Crippen molar-refractivity contribution >= 4 is 28.4 Å². The van der Waals surface area contributed by atoms with E-state index in [0.717, 1.165) is 17.6 Å². The molecule has 4 heteroatoms. The first-order chi connectivity index (χ1) is 8.43. The number of rotatable bonds is 3. The third-order valence-electron chi connectivity index (χ3n) is 2.52. The minimum absolute atomic E-state index is 0.748. The molecule has 0 bridgehead atoms. The Morgan fingerprint density at radius 1 is 1.18 bits per heavy atom. The zero-order valence-corrected chi connectivity index (χ0v) is 9.97. The van der Waals surface area contributed by atoms with Crippen molar-refractivity contribution in [3.8, 4) is 0 Å². The van der Waals surface area contributed by atoms with Gasteiger partial charge in [0.25, 0.3) is 0 Å². The Morgan fingerprint density at radius 3 is 3.00 bits per heavy atom. The molecule has 0 aliphatic carbocycles. The van der Waals surface area contributed by atoms with Crippen LogP contribution in [0, 0.1) is 0 Å². The predicted molar refractivity (Wildman–Crippen MR) is 70.9 cm³/mol. The molecule has 0 radical (unpaired) electrons. The van der Waals surface area contributed by atoms with Gasteiger partial charge in [-0.15, -0.1) is 16.4 Å². The smallest absolute Gasteiger partial charge is 0.113 e. The van der Waals surface area contributed by atoms with Crippen molar-refractivity contribution in [2.24, 2.45) is 0 Å². The second-order valence-corrected chi connectivity index (χ2v) is 4.66. The second-order valence-electron chi connectivity index (χ2n) is 3.68. The molecule has 3 aromatic rings. The lowest BCUT2D eigenvalue weighted by Gasteiger charge is -1.95. The van der Waals surface area contributed by atoms with Crippen molar-refractivity contribution in [2.75, 3.05) is 0 Å². The first-order valence-corrected chi connectivity index (χ1v) is 6.30. The van der Waals surface area contributed by atoms with E-state index >= 15 is 0 Å². The van der Waals surface area contributed by atoms with Gasteiger partial charge in [-0.2, -0.15) is 0 Å². The Morgan fingerprint density at radius 2 is 2.12 bits per heavy atom. The second kappa shape index (κ2) is 4.51. The number of benzene rings is 1. The summed E-state index contributed by atoms with van der Waals surface area (Å²) in [5, 5.41) is 10.3. The monoisotopic (exact) mass is 241 g/mol. The van der Waals surface area contributed by atoms with Crippen LogP contribution in [-0.4, -0.2) is 15.0 Å². The highest BCUT2D eigenvalue weighted by atomic mass is 32.1. The van der Waals surface area contributed by atoms with Crippen molar-refractivity contribution in [1.82, 2.24) is 15.0 Å². The molecular formula is C13H11N3S. The minimum Gasteiger partial charge on any atom is -0.241 e. The van der Waals surface area contributed by atoms with Crippen LogP contribution in [0.5, 0.6) is 0 Å². The average Bonchev–Trinajstić information content (AvgIpc) is 2.99. The maximum atomic E-state index is 4.13. The van der Waals surface area contributed by atoms with Gasteiger partial charge in [0.15, 0.2) is 0 Å². The molecule has 0 aliphatic heterocycles. The van der Waals surface area contributed by atoms with Crippen LogP contribution in [0.3, 0.4) is 0 Å². The molecule has 0 fully saturated rings. The van der Waals surface area contributed by atoms with E-state index in [2.05, 4.69) is 40.0 Å². The molecular weight excluding hydrogens is 230 g/mol. The van der Waals surface area contributed by atoms with E-state index < -0.39 is 0 Å². The average molecular weight is 241 g/mol. The highest BCUT2D eigenvalue weighted by Gasteiger charge is 2.00. The van der Waals surface area contributed by atoms with Gasteiger partial charge in [-0.1, -0.05) is 29.5 Å². The molecule has 0 N–H and O–H groups in total. The lowest BCUT2D eigenvalue weighted by Crippen LogP contribution is -1.96. The Balaban J connectivity index is 1.81. The van der Waals surface area contributed by atoms with Gasteiger partial charge in [0.1, 0.15) is 5.52 Å². The maximum absolute atomic E-state index is 4.13. The summed E-state index contributed by atoms with van der Waals surface area (Å²) in [5.74, 6) is 0. The van der Waals surface area contributed by atoms with Crippen LogP contribution in [0.15, 0.2) is 47.9 Å². The van der Waals surface area contributed by atoms with E-state index in [1.54, 1.807) is 11.3 Å². The summed E-state index contributed by atoms with van der Waals surface area (Å²) in [4.78, 5) is 1.26. The van der Waals surface area contributed by atoms with Crippen molar-refractivity contribution in [3.05, 3.63) is 52.7 Å². The summed E-state index contributed by atoms with van der Waals surface area (Å²) in [7, 11) is 0. The Hall–Kier alpha value is -1.94. The molecule has 0 saturated carbocycles. The van der Waals surface area contributed by atoms with Gasteiger partial charge < -0.3 is 0 Å². The highest BCUT2D eigenvalue weighted by Crippen LogP contribution is 2.12. The summed E-state index contributed by atoms with van der Waals surface area (Å²) in [6, 6.07) is 12.1. The van der Waals surface area contributed by atoms with Gasteiger partial charge in [0, 0.05) is 4.88 Å². The molecule has 84 valence electrons. The quantitative estimate of drug-likeness (QED) is 0.705. The minimum atomic E-state index is 0.748. The molecule has 0 aliphatic rings. The van der Waals surface area contributed by atoms with E-state index in [0.29, 0.717) is 0 Å². The Labute approximate surface area is 103 Å². The highest BCUT2D eigenvalue weighted by molar-refractivity contribution is 7.10. The number of fused-ring (bicyclic) bond motifs is 1. The molecule has 0 unspecified atom stereocenters. The third kappa shape index (κ3) is 2.12. The molecule has 3 rings (SSSR count). The normalized spacial score (nSPS) is 11.5. The van der Waals surface area contributed by atoms with Crippen LogP contribution in [0.2, 0.25) is 0 Å². The van der Waals surface area contributed by atoms with E-state index in [-0.39, 0.29) is 0 Å². The first kappa shape index (κ1) is 10.2. The predicted octanol–water partition coefficient (Wildman–Crippen LogP) is 3.21. The molecule has 2 heterocycles. The van der Waals surface area contributed by atoms with Gasteiger partial charge in [0.05, 0.1) is 12.1 Å². The summed E-state index contributed by atoms with van der Waals surface area (Å²) in [5.41, 5.74) is 2.01. The molecule has 0 amide bonds. The largest absolute Gasteiger partial charge is 0.241 e. The molecule has 1 aromatic carbocycles. The summed E-state index contributed by atoms with van der Waals surface area (Å²) in [6.07, 6.45) is 4.22. The number of nitrogens with zero attached hydrogens (tertiary/aromatic N) is 3. The summed E-state index contributed by atoms with van der Waals surface area (Å²) >= 11 is 1.73. The van der Waals surface area contributed by atoms with E-state index in [9.17, 15) is 0 Å². The van der Waals surface area contributed by atoms with Crippen molar-refractivity contribution in [1.29, 1.82) is 0 Å². The van der Waals surface area contributed by atoms with Crippen molar-refractivity contribution in [3.63, 3.8) is 0 Å². The van der Waals surface area contributed by atoms with Crippen LogP contribution < -0.4 is 0 Å². The van der Waals surface area contributed by atoms with Crippen LogP contribution in [0.4, 0.5) is 0 Å². The summed E-state index contributed by atoms with van der Waals surface area (Å²) in [6.45, 7) is 0.748.